The second-order valence-corrected chi connectivity index (χ2v) is 5.01. The van der Waals surface area contributed by atoms with E-state index in [2.05, 4.69) is 5.32 Å². The molecule has 8 heteroatoms. The second kappa shape index (κ2) is 8.21. The highest BCUT2D eigenvalue weighted by Crippen LogP contribution is 2.11. The SMILES string of the molecule is CC(=O)NCCN(C(=O)Cc1ccc(F)c(F)c1)C(C)C(=O)O. The first-order chi connectivity index (χ1) is 10.7. The first kappa shape index (κ1) is 18.5. The van der Waals surface area contributed by atoms with Crippen LogP contribution >= 0.6 is 0 Å². The van der Waals surface area contributed by atoms with Crippen LogP contribution in [0.2, 0.25) is 0 Å². The number of hydrogen-bond donors (Lipinski definition) is 2. The maximum absolute atomic E-state index is 13.2. The van der Waals surface area contributed by atoms with Crippen LogP contribution < -0.4 is 5.32 Å². The van der Waals surface area contributed by atoms with Crippen LogP contribution in [0.25, 0.3) is 0 Å². The molecular weight excluding hydrogens is 310 g/mol. The lowest BCUT2D eigenvalue weighted by Crippen LogP contribution is -2.47. The fourth-order valence-electron chi connectivity index (χ4n) is 1.95. The summed E-state index contributed by atoms with van der Waals surface area (Å²) >= 11 is 0. The largest absolute Gasteiger partial charge is 0.480 e. The molecule has 0 saturated carbocycles. The van der Waals surface area contributed by atoms with Crippen molar-refractivity contribution < 1.29 is 28.3 Å². The molecule has 0 radical (unpaired) electrons. The number of carboxylic acid groups (broad SMARTS) is 1. The number of nitrogens with zero attached hydrogens (tertiary/aromatic N) is 1. The lowest BCUT2D eigenvalue weighted by molar-refractivity contribution is -0.149. The zero-order valence-electron chi connectivity index (χ0n) is 12.8. The number of nitrogens with one attached hydrogen (secondary N) is 1. The van der Waals surface area contributed by atoms with Gasteiger partial charge in [0, 0.05) is 20.0 Å². The minimum absolute atomic E-state index is 0.00441. The molecule has 0 fully saturated rings. The van der Waals surface area contributed by atoms with E-state index >= 15 is 0 Å². The van der Waals surface area contributed by atoms with E-state index in [1.54, 1.807) is 0 Å². The van der Waals surface area contributed by atoms with Crippen LogP contribution in [0.5, 0.6) is 0 Å². The van der Waals surface area contributed by atoms with Crippen molar-refractivity contribution in [2.45, 2.75) is 26.3 Å². The fourth-order valence-corrected chi connectivity index (χ4v) is 1.95. The highest BCUT2D eigenvalue weighted by molar-refractivity contribution is 5.84. The fraction of sp³-hybridized carbons (Fsp3) is 0.400. The second-order valence-electron chi connectivity index (χ2n) is 5.01. The summed E-state index contributed by atoms with van der Waals surface area (Å²) in [5, 5.41) is 11.5. The van der Waals surface area contributed by atoms with Crippen molar-refractivity contribution in [3.63, 3.8) is 0 Å². The van der Waals surface area contributed by atoms with Crippen molar-refractivity contribution in [2.75, 3.05) is 13.1 Å². The van der Waals surface area contributed by atoms with Gasteiger partial charge < -0.3 is 15.3 Å². The third-order valence-corrected chi connectivity index (χ3v) is 3.21. The number of benzene rings is 1. The van der Waals surface area contributed by atoms with E-state index in [-0.39, 0.29) is 31.0 Å². The minimum Gasteiger partial charge on any atom is -0.480 e. The highest BCUT2D eigenvalue weighted by atomic mass is 19.2. The van der Waals surface area contributed by atoms with E-state index < -0.39 is 29.6 Å². The van der Waals surface area contributed by atoms with Gasteiger partial charge in [0.05, 0.1) is 6.42 Å². The van der Waals surface area contributed by atoms with Crippen molar-refractivity contribution in [2.24, 2.45) is 0 Å². The molecule has 1 unspecified atom stereocenters. The summed E-state index contributed by atoms with van der Waals surface area (Å²) < 4.78 is 26.1. The van der Waals surface area contributed by atoms with Gasteiger partial charge in [0.15, 0.2) is 11.6 Å². The molecule has 0 saturated heterocycles. The smallest absolute Gasteiger partial charge is 0.326 e. The Hall–Kier alpha value is -2.51. The number of halogens is 2. The maximum Gasteiger partial charge on any atom is 0.326 e. The Kier molecular flexibility index (Phi) is 6.62. The predicted octanol–water partition coefficient (Wildman–Crippen LogP) is 0.945. The number of carboxylic acids is 1. The van der Waals surface area contributed by atoms with E-state index in [9.17, 15) is 23.2 Å². The van der Waals surface area contributed by atoms with Crippen molar-refractivity contribution in [3.8, 4) is 0 Å². The van der Waals surface area contributed by atoms with Crippen LogP contribution in [0.3, 0.4) is 0 Å². The number of carbonyl (C=O) groups excluding carboxylic acids is 2. The van der Waals surface area contributed by atoms with E-state index in [0.29, 0.717) is 0 Å². The number of amides is 2. The predicted molar refractivity (Wildman–Crippen MR) is 77.6 cm³/mol. The molecule has 1 rings (SSSR count). The molecule has 0 aromatic heterocycles. The molecule has 23 heavy (non-hydrogen) atoms. The van der Waals surface area contributed by atoms with Gasteiger partial charge in [-0.05, 0) is 24.6 Å². The molecule has 0 spiro atoms. The molecule has 1 atom stereocenters. The number of hydrogen-bond acceptors (Lipinski definition) is 3. The molecule has 1 aromatic rings. The third-order valence-electron chi connectivity index (χ3n) is 3.21. The number of rotatable bonds is 7. The van der Waals surface area contributed by atoms with Gasteiger partial charge in [-0.25, -0.2) is 13.6 Å². The van der Waals surface area contributed by atoms with Gasteiger partial charge in [0.1, 0.15) is 6.04 Å². The summed E-state index contributed by atoms with van der Waals surface area (Å²) in [5.74, 6) is -4.17. The van der Waals surface area contributed by atoms with Gasteiger partial charge in [-0.1, -0.05) is 6.07 Å². The normalized spacial score (nSPS) is 11.7. The first-order valence-corrected chi connectivity index (χ1v) is 6.93. The summed E-state index contributed by atoms with van der Waals surface area (Å²) in [7, 11) is 0. The standard InChI is InChI=1S/C15H18F2N2O4/c1-9(15(22)23)19(6-5-18-10(2)20)14(21)8-11-3-4-12(16)13(17)7-11/h3-4,7,9H,5-6,8H2,1-2H3,(H,18,20)(H,22,23). The summed E-state index contributed by atoms with van der Waals surface area (Å²) in [5.41, 5.74) is 0.232. The van der Waals surface area contributed by atoms with Gasteiger partial charge in [0.25, 0.3) is 0 Å². The van der Waals surface area contributed by atoms with Gasteiger partial charge in [-0.2, -0.15) is 0 Å². The summed E-state index contributed by atoms with van der Waals surface area (Å²) in [4.78, 5) is 35.3. The van der Waals surface area contributed by atoms with Crippen molar-refractivity contribution >= 4 is 17.8 Å². The van der Waals surface area contributed by atoms with E-state index in [4.69, 9.17) is 5.11 Å². The average molecular weight is 328 g/mol. The first-order valence-electron chi connectivity index (χ1n) is 6.93. The molecule has 126 valence electrons. The third kappa shape index (κ3) is 5.65. The Labute approximate surface area is 132 Å². The Morgan fingerprint density at radius 1 is 1.26 bits per heavy atom. The Bertz CT molecular complexity index is 607. The minimum atomic E-state index is -1.20. The monoisotopic (exact) mass is 328 g/mol. The number of aliphatic carboxylic acids is 1. The van der Waals surface area contributed by atoms with Crippen LogP contribution in [-0.4, -0.2) is 46.9 Å². The average Bonchev–Trinajstić information content (AvgIpc) is 2.46. The lowest BCUT2D eigenvalue weighted by Gasteiger charge is -2.26. The highest BCUT2D eigenvalue weighted by Gasteiger charge is 2.25. The quantitative estimate of drug-likeness (QED) is 0.780. The Balaban J connectivity index is 2.82. The Morgan fingerprint density at radius 3 is 2.43 bits per heavy atom. The van der Waals surface area contributed by atoms with E-state index in [1.807, 2.05) is 0 Å². The summed E-state index contributed by atoms with van der Waals surface area (Å²) in [6, 6.07) is 1.94. The molecule has 0 aliphatic rings. The lowest BCUT2D eigenvalue weighted by atomic mass is 10.1. The van der Waals surface area contributed by atoms with Gasteiger partial charge in [-0.3, -0.25) is 9.59 Å². The van der Waals surface area contributed by atoms with Crippen LogP contribution in [0.15, 0.2) is 18.2 Å². The summed E-state index contributed by atoms with van der Waals surface area (Å²) in [6.45, 7) is 2.72. The van der Waals surface area contributed by atoms with E-state index in [1.165, 1.54) is 19.9 Å². The Morgan fingerprint density at radius 2 is 1.91 bits per heavy atom. The van der Waals surface area contributed by atoms with E-state index in [0.717, 1.165) is 17.0 Å². The van der Waals surface area contributed by atoms with Crippen LogP contribution in [0.4, 0.5) is 8.78 Å². The molecule has 1 aromatic carbocycles. The van der Waals surface area contributed by atoms with Gasteiger partial charge in [0.2, 0.25) is 11.8 Å². The summed E-state index contributed by atoms with van der Waals surface area (Å²) in [6.07, 6.45) is -0.269. The zero-order valence-corrected chi connectivity index (χ0v) is 12.8. The van der Waals surface area contributed by atoms with Gasteiger partial charge >= 0.3 is 5.97 Å². The zero-order chi connectivity index (χ0) is 17.6. The molecule has 2 N–H and O–H groups in total. The molecule has 2 amide bonds. The molecule has 6 nitrogen and oxygen atoms in total. The topological polar surface area (TPSA) is 86.7 Å². The maximum atomic E-state index is 13.2. The van der Waals surface area contributed by atoms with Crippen molar-refractivity contribution in [1.82, 2.24) is 10.2 Å². The molecular formula is C15H18F2N2O4. The van der Waals surface area contributed by atoms with Gasteiger partial charge in [-0.15, -0.1) is 0 Å². The number of carbonyl (C=O) groups is 3. The van der Waals surface area contributed by atoms with Crippen LogP contribution in [0, 0.1) is 11.6 Å². The van der Waals surface area contributed by atoms with Crippen LogP contribution in [-0.2, 0) is 20.8 Å². The van der Waals surface area contributed by atoms with Crippen molar-refractivity contribution in [1.29, 1.82) is 0 Å². The molecule has 0 bridgehead atoms. The molecule has 0 heterocycles. The molecule has 0 aliphatic carbocycles. The van der Waals surface area contributed by atoms with Crippen LogP contribution in [0.1, 0.15) is 19.4 Å². The molecule has 0 aliphatic heterocycles. The van der Waals surface area contributed by atoms with Crippen molar-refractivity contribution in [3.05, 3.63) is 35.4 Å².